The number of nitrogens with one attached hydrogen (secondary N) is 1. The standard InChI is InChI=1S/C9H11BrN2O2/c1-14-6-5-11-9(13)7-3-2-4-8(10)12-7/h2-4H,5-6H2,1H3,(H,11,13). The maximum absolute atomic E-state index is 11.4. The lowest BCUT2D eigenvalue weighted by Gasteiger charge is -2.03. The average Bonchev–Trinajstić information content (AvgIpc) is 2.18. The summed E-state index contributed by atoms with van der Waals surface area (Å²) in [5.41, 5.74) is 0.399. The van der Waals surface area contributed by atoms with Gasteiger partial charge in [-0.05, 0) is 28.1 Å². The van der Waals surface area contributed by atoms with Crippen LogP contribution in [0.2, 0.25) is 0 Å². The fourth-order valence-electron chi connectivity index (χ4n) is 0.892. The predicted octanol–water partition coefficient (Wildman–Crippen LogP) is 1.22. The van der Waals surface area contributed by atoms with E-state index in [1.165, 1.54) is 0 Å². The second-order valence-corrected chi connectivity index (χ2v) is 3.41. The Hall–Kier alpha value is -0.940. The second kappa shape index (κ2) is 5.72. The van der Waals surface area contributed by atoms with Crippen LogP contribution in [-0.4, -0.2) is 31.2 Å². The molecule has 1 heterocycles. The van der Waals surface area contributed by atoms with Gasteiger partial charge in [-0.25, -0.2) is 4.98 Å². The largest absolute Gasteiger partial charge is 0.383 e. The van der Waals surface area contributed by atoms with Gasteiger partial charge in [0.25, 0.3) is 5.91 Å². The number of methoxy groups -OCH3 is 1. The van der Waals surface area contributed by atoms with Crippen molar-refractivity contribution in [2.24, 2.45) is 0 Å². The summed E-state index contributed by atoms with van der Waals surface area (Å²) in [5.74, 6) is -0.191. The lowest BCUT2D eigenvalue weighted by atomic mass is 10.3. The number of carbonyl (C=O) groups is 1. The van der Waals surface area contributed by atoms with E-state index < -0.39 is 0 Å². The highest BCUT2D eigenvalue weighted by molar-refractivity contribution is 9.10. The summed E-state index contributed by atoms with van der Waals surface area (Å²) >= 11 is 3.20. The van der Waals surface area contributed by atoms with Crippen LogP contribution in [0.5, 0.6) is 0 Å². The Balaban J connectivity index is 2.52. The quantitative estimate of drug-likeness (QED) is 0.653. The van der Waals surface area contributed by atoms with Gasteiger partial charge in [0.15, 0.2) is 0 Å². The highest BCUT2D eigenvalue weighted by Gasteiger charge is 2.05. The van der Waals surface area contributed by atoms with E-state index in [1.807, 2.05) is 0 Å². The third-order valence-corrected chi connectivity index (χ3v) is 1.98. The van der Waals surface area contributed by atoms with E-state index in [-0.39, 0.29) is 5.91 Å². The van der Waals surface area contributed by atoms with Crippen LogP contribution in [0.25, 0.3) is 0 Å². The molecule has 1 aromatic heterocycles. The first-order valence-corrected chi connectivity index (χ1v) is 4.93. The number of amides is 1. The van der Waals surface area contributed by atoms with Gasteiger partial charge in [0.1, 0.15) is 10.3 Å². The van der Waals surface area contributed by atoms with Crippen molar-refractivity contribution in [3.05, 3.63) is 28.5 Å². The zero-order chi connectivity index (χ0) is 10.4. The highest BCUT2D eigenvalue weighted by Crippen LogP contribution is 2.05. The van der Waals surface area contributed by atoms with Crippen molar-refractivity contribution in [2.45, 2.75) is 0 Å². The Morgan fingerprint density at radius 1 is 1.64 bits per heavy atom. The maximum Gasteiger partial charge on any atom is 0.270 e. The van der Waals surface area contributed by atoms with E-state index in [1.54, 1.807) is 25.3 Å². The van der Waals surface area contributed by atoms with Gasteiger partial charge in [-0.3, -0.25) is 4.79 Å². The van der Waals surface area contributed by atoms with Gasteiger partial charge in [-0.1, -0.05) is 6.07 Å². The number of carbonyl (C=O) groups excluding carboxylic acids is 1. The number of halogens is 1. The van der Waals surface area contributed by atoms with Gasteiger partial charge >= 0.3 is 0 Å². The molecule has 5 heteroatoms. The van der Waals surface area contributed by atoms with Gasteiger partial charge in [0.2, 0.25) is 0 Å². The summed E-state index contributed by atoms with van der Waals surface area (Å²) in [6.07, 6.45) is 0. The molecule has 0 saturated heterocycles. The Morgan fingerprint density at radius 3 is 3.07 bits per heavy atom. The molecule has 1 rings (SSSR count). The lowest BCUT2D eigenvalue weighted by Crippen LogP contribution is -2.27. The van der Waals surface area contributed by atoms with Gasteiger partial charge in [0.05, 0.1) is 6.61 Å². The fourth-order valence-corrected chi connectivity index (χ4v) is 1.24. The third-order valence-electron chi connectivity index (χ3n) is 1.54. The Bertz CT molecular complexity index is 317. The van der Waals surface area contributed by atoms with Crippen LogP contribution >= 0.6 is 15.9 Å². The Kier molecular flexibility index (Phi) is 4.55. The molecule has 0 aromatic carbocycles. The number of hydrogen-bond acceptors (Lipinski definition) is 3. The lowest BCUT2D eigenvalue weighted by molar-refractivity contribution is 0.0932. The maximum atomic E-state index is 11.4. The van der Waals surface area contributed by atoms with Crippen LogP contribution < -0.4 is 5.32 Å². The third kappa shape index (κ3) is 3.43. The first-order chi connectivity index (χ1) is 6.74. The van der Waals surface area contributed by atoms with E-state index in [9.17, 15) is 4.79 Å². The molecule has 1 N–H and O–H groups in total. The average molecular weight is 259 g/mol. The minimum atomic E-state index is -0.191. The van der Waals surface area contributed by atoms with E-state index in [4.69, 9.17) is 4.74 Å². The zero-order valence-corrected chi connectivity index (χ0v) is 9.37. The Labute approximate surface area is 90.8 Å². The minimum Gasteiger partial charge on any atom is -0.383 e. The van der Waals surface area contributed by atoms with Crippen LogP contribution in [0.4, 0.5) is 0 Å². The van der Waals surface area contributed by atoms with Crippen molar-refractivity contribution in [3.8, 4) is 0 Å². The van der Waals surface area contributed by atoms with Crippen LogP contribution in [0.3, 0.4) is 0 Å². The molecule has 76 valence electrons. The molecule has 0 spiro atoms. The number of pyridine rings is 1. The normalized spacial score (nSPS) is 9.86. The monoisotopic (exact) mass is 258 g/mol. The molecule has 4 nitrogen and oxygen atoms in total. The summed E-state index contributed by atoms with van der Waals surface area (Å²) in [6.45, 7) is 0.989. The number of hydrogen-bond donors (Lipinski definition) is 1. The molecule has 0 fully saturated rings. The van der Waals surface area contributed by atoms with E-state index in [0.29, 0.717) is 23.4 Å². The predicted molar refractivity (Wildman–Crippen MR) is 56.1 cm³/mol. The highest BCUT2D eigenvalue weighted by atomic mass is 79.9. The smallest absolute Gasteiger partial charge is 0.270 e. The van der Waals surface area contributed by atoms with Crippen LogP contribution in [0, 0.1) is 0 Å². The fraction of sp³-hybridized carbons (Fsp3) is 0.333. The molecule has 0 atom stereocenters. The first-order valence-electron chi connectivity index (χ1n) is 4.13. The molecule has 14 heavy (non-hydrogen) atoms. The van der Waals surface area contributed by atoms with Crippen LogP contribution in [0.15, 0.2) is 22.8 Å². The molecule has 0 unspecified atom stereocenters. The molecule has 1 aromatic rings. The molecule has 0 aliphatic carbocycles. The van der Waals surface area contributed by atoms with Crippen molar-refractivity contribution >= 4 is 21.8 Å². The van der Waals surface area contributed by atoms with Crippen molar-refractivity contribution in [1.29, 1.82) is 0 Å². The van der Waals surface area contributed by atoms with Gasteiger partial charge < -0.3 is 10.1 Å². The summed E-state index contributed by atoms with van der Waals surface area (Å²) in [5, 5.41) is 2.68. The number of aromatic nitrogens is 1. The summed E-state index contributed by atoms with van der Waals surface area (Å²) in [7, 11) is 1.59. The molecule has 0 radical (unpaired) electrons. The van der Waals surface area contributed by atoms with Crippen molar-refractivity contribution in [3.63, 3.8) is 0 Å². The topological polar surface area (TPSA) is 51.2 Å². The van der Waals surface area contributed by atoms with Crippen molar-refractivity contribution in [2.75, 3.05) is 20.3 Å². The first kappa shape index (κ1) is 11.1. The minimum absolute atomic E-state index is 0.191. The van der Waals surface area contributed by atoms with Gasteiger partial charge in [-0.15, -0.1) is 0 Å². The number of rotatable bonds is 4. The molecular weight excluding hydrogens is 248 g/mol. The van der Waals surface area contributed by atoms with Crippen molar-refractivity contribution < 1.29 is 9.53 Å². The Morgan fingerprint density at radius 2 is 2.43 bits per heavy atom. The molecule has 1 amide bonds. The zero-order valence-electron chi connectivity index (χ0n) is 7.79. The molecule has 0 saturated carbocycles. The van der Waals surface area contributed by atoms with E-state index >= 15 is 0 Å². The van der Waals surface area contributed by atoms with E-state index in [0.717, 1.165) is 0 Å². The van der Waals surface area contributed by atoms with Crippen LogP contribution in [0.1, 0.15) is 10.5 Å². The molecular formula is C9H11BrN2O2. The summed E-state index contributed by atoms with van der Waals surface area (Å²) in [4.78, 5) is 15.4. The SMILES string of the molecule is COCCNC(=O)c1cccc(Br)n1. The van der Waals surface area contributed by atoms with Crippen LogP contribution in [-0.2, 0) is 4.74 Å². The van der Waals surface area contributed by atoms with Gasteiger partial charge in [-0.2, -0.15) is 0 Å². The molecule has 0 bridgehead atoms. The number of ether oxygens (including phenoxy) is 1. The van der Waals surface area contributed by atoms with Crippen molar-refractivity contribution in [1.82, 2.24) is 10.3 Å². The summed E-state index contributed by atoms with van der Waals surface area (Å²) in [6, 6.07) is 5.20. The summed E-state index contributed by atoms with van der Waals surface area (Å²) < 4.78 is 5.46. The molecule has 0 aliphatic heterocycles. The second-order valence-electron chi connectivity index (χ2n) is 2.59. The number of nitrogens with zero attached hydrogens (tertiary/aromatic N) is 1. The van der Waals surface area contributed by atoms with E-state index in [2.05, 4.69) is 26.2 Å². The molecule has 0 aliphatic rings. The van der Waals surface area contributed by atoms with Gasteiger partial charge in [0, 0.05) is 13.7 Å².